The zero-order chi connectivity index (χ0) is 46.9. The number of esters is 1. The lowest BCUT2D eigenvalue weighted by molar-refractivity contribution is -0.389. The Hall–Kier alpha value is -1.63. The van der Waals surface area contributed by atoms with E-state index in [1.807, 2.05) is 0 Å². The number of carbonyl (C=O) groups is 1. The van der Waals surface area contributed by atoms with Gasteiger partial charge in [-0.25, -0.2) is 4.79 Å². The Morgan fingerprint density at radius 2 is 1.14 bits per heavy atom. The van der Waals surface area contributed by atoms with Crippen LogP contribution in [0, 0.1) is 17.8 Å². The molecule has 0 aromatic rings. The van der Waals surface area contributed by atoms with E-state index in [2.05, 4.69) is 0 Å². The molecular formula is C42H69O23+. The maximum absolute atomic E-state index is 12.9. The minimum absolute atomic E-state index is 0.0254. The average molecular weight is 942 g/mol. The first-order valence-corrected chi connectivity index (χ1v) is 22.8. The topological polar surface area (TPSA) is 378 Å². The van der Waals surface area contributed by atoms with Crippen LogP contribution in [0.4, 0.5) is 0 Å². The molecule has 23 nitrogen and oxygen atoms in total. The second-order valence-electron chi connectivity index (χ2n) is 18.9. The van der Waals surface area contributed by atoms with Crippen LogP contribution >= 0.6 is 0 Å². The van der Waals surface area contributed by atoms with Crippen molar-refractivity contribution in [3.8, 4) is 0 Å². The van der Waals surface area contributed by atoms with Crippen LogP contribution in [0.1, 0.15) is 64.2 Å². The number of rotatable bonds is 13. The number of fused-ring (bicyclic) bond motifs is 1. The van der Waals surface area contributed by atoms with Crippen molar-refractivity contribution in [3.63, 3.8) is 0 Å². The average Bonchev–Trinajstić information content (AvgIpc) is 3.29. The van der Waals surface area contributed by atoms with Crippen molar-refractivity contribution in [3.05, 3.63) is 12.2 Å². The molecule has 23 heteroatoms. The summed E-state index contributed by atoms with van der Waals surface area (Å²) in [6.07, 6.45) is -25.5. The monoisotopic (exact) mass is 941 g/mol. The highest BCUT2D eigenvalue weighted by Crippen LogP contribution is 2.44. The molecule has 7 aliphatic rings. The molecule has 9 unspecified atom stereocenters. The Bertz CT molecular complexity index is 1530. The zero-order valence-electron chi connectivity index (χ0n) is 35.8. The number of hydrogen-bond donors (Lipinski definition) is 14. The third-order valence-corrected chi connectivity index (χ3v) is 14.4. The summed E-state index contributed by atoms with van der Waals surface area (Å²) < 4.78 is 47.1. The lowest BCUT2D eigenvalue weighted by Gasteiger charge is -2.50. The SMILES string of the molecule is O=C(C=CC1CCC(O)C(O)C1)OC[C@H]1O[C@@H](OC2CC3C(O[C@@H]4O[C@H](CO)[C@@H](O)[C@H](O)[C@H]4O)CC(O)CC3[OH+]C2C2CCC(O)CC2)[C@H](O[C@@H]2O[C@H](CO)[C@@H](O)[C@H](O)[C@H]2O)[C@@H](O)[C@@H]1O. The van der Waals surface area contributed by atoms with E-state index in [9.17, 15) is 76.3 Å². The standard InChI is InChI=1S/C42H68O23/c43-13-26-30(50)33(53)36(56)40(62-26)60-24-11-19(46)10-23-20(24)12-25(38(59-23)17-3-5-18(45)6-4-17)61-42-39(65-41-37(57)34(54)31(51)27(14-44)63-41)35(55)32(52)28(64-42)15-58-29(49)8-2-16-1-7-21(47)22(48)9-16/h2,8,16-28,30-48,50-57H,1,3-7,9-15H2/p+1/t16?,17?,18?,19?,20?,21?,22?,23?,24?,25?,26-,27-,28-,30-,31-,32-,33+,34+,35+,36-,37-,38?,39-,40-,41+,42-/m1/s1. The van der Waals surface area contributed by atoms with Gasteiger partial charge in [0, 0.05) is 24.8 Å². The molecule has 4 saturated heterocycles. The summed E-state index contributed by atoms with van der Waals surface area (Å²) in [5.41, 5.74) is 0. The summed E-state index contributed by atoms with van der Waals surface area (Å²) >= 11 is 0. The van der Waals surface area contributed by atoms with E-state index in [4.69, 9.17) is 37.9 Å². The highest BCUT2D eigenvalue weighted by atomic mass is 16.8. The molecule has 4 heterocycles. The zero-order valence-corrected chi connectivity index (χ0v) is 35.8. The molecule has 0 aromatic heterocycles. The number of hydrogen-bond acceptors (Lipinski definition) is 22. The van der Waals surface area contributed by atoms with E-state index in [1.54, 1.807) is 6.08 Å². The number of aliphatic hydroxyl groups excluding tert-OH is 14. The van der Waals surface area contributed by atoms with Gasteiger partial charge in [-0.15, -0.1) is 0 Å². The minimum atomic E-state index is -1.93. The highest BCUT2D eigenvalue weighted by Gasteiger charge is 2.57. The van der Waals surface area contributed by atoms with E-state index in [1.165, 1.54) is 0 Å². The van der Waals surface area contributed by atoms with Gasteiger partial charge in [-0.05, 0) is 57.3 Å². The molecular weight excluding hydrogens is 872 g/mol. The molecule has 0 radical (unpaired) electrons. The van der Waals surface area contributed by atoms with Crippen molar-refractivity contribution in [1.82, 2.24) is 0 Å². The summed E-state index contributed by atoms with van der Waals surface area (Å²) in [5, 5.41) is 148. The van der Waals surface area contributed by atoms with Crippen LogP contribution in [-0.4, -0.2) is 243 Å². The third kappa shape index (κ3) is 11.7. The van der Waals surface area contributed by atoms with Crippen molar-refractivity contribution in [2.75, 3.05) is 19.8 Å². The van der Waals surface area contributed by atoms with Crippen LogP contribution in [0.25, 0.3) is 0 Å². The maximum atomic E-state index is 12.9. The lowest BCUT2D eigenvalue weighted by atomic mass is 9.73. The quantitative estimate of drug-likeness (QED) is 0.0464. The first-order chi connectivity index (χ1) is 31.0. The molecule has 24 atom stereocenters. The molecule has 3 saturated carbocycles. The number of carbonyl (C=O) groups excluding carboxylic acids is 1. The Kier molecular flexibility index (Phi) is 17.7. The Morgan fingerprint density at radius 3 is 1.75 bits per heavy atom. The third-order valence-electron chi connectivity index (χ3n) is 14.4. The highest BCUT2D eigenvalue weighted by molar-refractivity contribution is 5.81. The van der Waals surface area contributed by atoms with E-state index < -0.39 is 173 Å². The van der Waals surface area contributed by atoms with Gasteiger partial charge < -0.3 is 109 Å². The van der Waals surface area contributed by atoms with E-state index >= 15 is 0 Å². The predicted octanol–water partition coefficient (Wildman–Crippen LogP) is -6.20. The van der Waals surface area contributed by atoms with Gasteiger partial charge >= 0.3 is 5.97 Å². The molecule has 0 amide bonds. The molecule has 0 bridgehead atoms. The van der Waals surface area contributed by atoms with Gasteiger partial charge in [0.2, 0.25) is 0 Å². The Balaban J connectivity index is 1.14. The number of allylic oxidation sites excluding steroid dienone is 1. The predicted molar refractivity (Wildman–Crippen MR) is 213 cm³/mol. The minimum Gasteiger partial charge on any atom is -0.460 e. The van der Waals surface area contributed by atoms with Crippen molar-refractivity contribution in [1.29, 1.82) is 0 Å². The fraction of sp³-hybridized carbons (Fsp3) is 0.929. The van der Waals surface area contributed by atoms with Crippen molar-refractivity contribution in [2.24, 2.45) is 17.8 Å². The smallest absolute Gasteiger partial charge is 0.330 e. The van der Waals surface area contributed by atoms with Gasteiger partial charge in [0.15, 0.2) is 31.1 Å². The van der Waals surface area contributed by atoms with E-state index in [-0.39, 0.29) is 37.5 Å². The second-order valence-corrected chi connectivity index (χ2v) is 18.9. The molecule has 0 aromatic carbocycles. The fourth-order valence-electron chi connectivity index (χ4n) is 10.5. The summed E-state index contributed by atoms with van der Waals surface area (Å²) in [6.45, 7) is -2.11. The molecule has 15 N–H and O–H groups in total. The van der Waals surface area contributed by atoms with Crippen LogP contribution in [0.3, 0.4) is 0 Å². The molecule has 0 spiro atoms. The Labute approximate surface area is 374 Å². The first-order valence-electron chi connectivity index (χ1n) is 22.8. The van der Waals surface area contributed by atoms with E-state index in [0.717, 1.165) is 6.08 Å². The second kappa shape index (κ2) is 22.4. The van der Waals surface area contributed by atoms with Gasteiger partial charge in [-0.3, -0.25) is 0 Å². The van der Waals surface area contributed by atoms with Gasteiger partial charge in [0.05, 0.1) is 49.7 Å². The summed E-state index contributed by atoms with van der Waals surface area (Å²) in [6, 6.07) is 0. The van der Waals surface area contributed by atoms with Crippen molar-refractivity contribution >= 4 is 5.97 Å². The molecule has 374 valence electrons. The largest absolute Gasteiger partial charge is 0.460 e. The molecule has 7 rings (SSSR count). The van der Waals surface area contributed by atoms with Gasteiger partial charge in [0.25, 0.3) is 0 Å². The maximum Gasteiger partial charge on any atom is 0.330 e. The molecule has 65 heavy (non-hydrogen) atoms. The molecule has 3 aliphatic carbocycles. The van der Waals surface area contributed by atoms with Crippen LogP contribution < -0.4 is 0 Å². The lowest BCUT2D eigenvalue weighted by Crippen LogP contribution is -2.66. The van der Waals surface area contributed by atoms with Crippen LogP contribution in [-0.2, 0) is 38.0 Å². The van der Waals surface area contributed by atoms with E-state index in [0.29, 0.717) is 38.5 Å². The number of ether oxygens (including phenoxy) is 8. The molecule has 4 aliphatic heterocycles. The van der Waals surface area contributed by atoms with Gasteiger partial charge in [-0.2, -0.15) is 0 Å². The van der Waals surface area contributed by atoms with Crippen LogP contribution in [0.5, 0.6) is 0 Å². The Morgan fingerprint density at radius 1 is 0.554 bits per heavy atom. The van der Waals surface area contributed by atoms with Crippen molar-refractivity contribution in [2.45, 2.75) is 205 Å². The summed E-state index contributed by atoms with van der Waals surface area (Å²) in [4.78, 5) is 12.9. The van der Waals surface area contributed by atoms with Crippen molar-refractivity contribution < 1.29 is 114 Å². The number of aliphatic hydroxyl groups is 16. The molecule has 7 fully saturated rings. The fourth-order valence-corrected chi connectivity index (χ4v) is 10.5. The normalized spacial score (nSPS) is 51.0. The first kappa shape index (κ1) is 51.2. The van der Waals surface area contributed by atoms with Gasteiger partial charge in [0.1, 0.15) is 86.0 Å². The summed E-state index contributed by atoms with van der Waals surface area (Å²) in [5.74, 6) is -1.79. The van der Waals surface area contributed by atoms with Gasteiger partial charge in [-0.1, -0.05) is 6.08 Å². The van der Waals surface area contributed by atoms with Crippen LogP contribution in [0.15, 0.2) is 12.2 Å². The summed E-state index contributed by atoms with van der Waals surface area (Å²) in [7, 11) is 0. The van der Waals surface area contributed by atoms with Crippen LogP contribution in [0.2, 0.25) is 0 Å².